The lowest BCUT2D eigenvalue weighted by Gasteiger charge is -2.22. The molecule has 0 spiro atoms. The molecule has 0 saturated heterocycles. The highest BCUT2D eigenvalue weighted by molar-refractivity contribution is 14.1. The molecular weight excluding hydrogens is 385 g/mol. The highest BCUT2D eigenvalue weighted by Crippen LogP contribution is 2.18. The Kier molecular flexibility index (Phi) is 6.95. The largest absolute Gasteiger partial charge is 0.290 e. The van der Waals surface area contributed by atoms with Crippen LogP contribution in [-0.2, 0) is 0 Å². The molecule has 1 N–H and O–H groups in total. The molecule has 20 heavy (non-hydrogen) atoms. The van der Waals surface area contributed by atoms with E-state index < -0.39 is 0 Å². The van der Waals surface area contributed by atoms with Gasteiger partial charge in [0, 0.05) is 28.9 Å². The topological polar surface area (TPSA) is 39.5 Å². The molecule has 0 radical (unpaired) electrons. The molecule has 0 atom stereocenters. The predicted octanol–water partition coefficient (Wildman–Crippen LogP) is 5.13. The number of amidine groups is 2. The number of hydrogen-bond acceptors (Lipinski definition) is 2. The predicted molar refractivity (Wildman–Crippen MR) is 96.4 cm³/mol. The van der Waals surface area contributed by atoms with Gasteiger partial charge in [0.25, 0.3) is 0 Å². The first-order valence-corrected chi connectivity index (χ1v) is 7.70. The second-order valence-electron chi connectivity index (χ2n) is 4.10. The molecule has 0 unspecified atom stereocenters. The van der Waals surface area contributed by atoms with Gasteiger partial charge in [-0.25, -0.2) is 4.99 Å². The number of halogens is 2. The third-order valence-corrected chi connectivity index (χ3v) is 3.22. The van der Waals surface area contributed by atoms with E-state index in [1.165, 1.54) is 0 Å². The number of aliphatic imine (C=N–C) groups is 1. The van der Waals surface area contributed by atoms with Crippen LogP contribution in [0.3, 0.4) is 0 Å². The Labute approximate surface area is 138 Å². The molecule has 0 aromatic rings. The normalized spacial score (nSPS) is 21.7. The standard InChI is InChI=1S/C15H17ClIN3/c1-4-13(7-9-17)15-19-11(2)5-6-14(16)8-10-20(15)12(3)18/h4,6-10,18H,2,5H2,1,3H3/b9-7-,10-8+,13-4+,14-6+,18-12?,19-15?. The summed E-state index contributed by atoms with van der Waals surface area (Å²) in [6.07, 6.45) is 9.86. The van der Waals surface area contributed by atoms with Crippen LogP contribution in [0.15, 0.2) is 62.5 Å². The van der Waals surface area contributed by atoms with E-state index in [4.69, 9.17) is 17.0 Å². The van der Waals surface area contributed by atoms with E-state index in [2.05, 4.69) is 34.2 Å². The molecule has 0 aliphatic carbocycles. The van der Waals surface area contributed by atoms with Gasteiger partial charge in [-0.15, -0.1) is 0 Å². The van der Waals surface area contributed by atoms with Gasteiger partial charge >= 0.3 is 0 Å². The van der Waals surface area contributed by atoms with Crippen LogP contribution in [0.2, 0.25) is 0 Å². The summed E-state index contributed by atoms with van der Waals surface area (Å²) in [6, 6.07) is 0. The zero-order valence-electron chi connectivity index (χ0n) is 11.5. The monoisotopic (exact) mass is 401 g/mol. The summed E-state index contributed by atoms with van der Waals surface area (Å²) in [4.78, 5) is 6.25. The summed E-state index contributed by atoms with van der Waals surface area (Å²) in [7, 11) is 0. The molecule has 1 aliphatic heterocycles. The van der Waals surface area contributed by atoms with E-state index in [-0.39, 0.29) is 0 Å². The van der Waals surface area contributed by atoms with Gasteiger partial charge in [-0.1, -0.05) is 52.9 Å². The van der Waals surface area contributed by atoms with Crippen molar-refractivity contribution < 1.29 is 0 Å². The Balaban J connectivity index is 3.39. The average molecular weight is 402 g/mol. The summed E-state index contributed by atoms with van der Waals surface area (Å²) < 4.78 is 1.91. The molecule has 1 aliphatic rings. The Morgan fingerprint density at radius 3 is 2.85 bits per heavy atom. The van der Waals surface area contributed by atoms with E-state index in [1.807, 2.05) is 29.2 Å². The minimum absolute atomic E-state index is 0.361. The van der Waals surface area contributed by atoms with Crippen molar-refractivity contribution in [1.82, 2.24) is 4.90 Å². The minimum Gasteiger partial charge on any atom is -0.290 e. The number of allylic oxidation sites excluding steroid dienone is 4. The quantitative estimate of drug-likeness (QED) is 0.296. The number of rotatable bonds is 2. The molecule has 106 valence electrons. The van der Waals surface area contributed by atoms with Crippen LogP contribution in [0, 0.1) is 5.41 Å². The van der Waals surface area contributed by atoms with Crippen LogP contribution in [-0.4, -0.2) is 16.6 Å². The molecule has 0 bridgehead atoms. The summed E-state index contributed by atoms with van der Waals surface area (Å²) in [5.41, 5.74) is 1.63. The summed E-state index contributed by atoms with van der Waals surface area (Å²) in [6.45, 7) is 7.59. The van der Waals surface area contributed by atoms with Crippen molar-refractivity contribution >= 4 is 45.9 Å². The Morgan fingerprint density at radius 2 is 2.30 bits per heavy atom. The fourth-order valence-corrected chi connectivity index (χ4v) is 2.11. The van der Waals surface area contributed by atoms with E-state index in [9.17, 15) is 0 Å². The van der Waals surface area contributed by atoms with Crippen LogP contribution in [0.5, 0.6) is 0 Å². The van der Waals surface area contributed by atoms with Crippen LogP contribution in [0.1, 0.15) is 20.3 Å². The number of nitrogens with zero attached hydrogens (tertiary/aromatic N) is 2. The Bertz CT molecular complexity index is 553. The van der Waals surface area contributed by atoms with Crippen molar-refractivity contribution in [3.05, 3.63) is 57.5 Å². The molecule has 0 amide bonds. The van der Waals surface area contributed by atoms with Gasteiger partial charge in [0.1, 0.15) is 11.7 Å². The molecular formula is C15H17ClIN3. The molecule has 3 nitrogen and oxygen atoms in total. The minimum atomic E-state index is 0.361. The third kappa shape index (κ3) is 4.76. The first-order chi connectivity index (χ1) is 9.49. The van der Waals surface area contributed by atoms with Crippen molar-refractivity contribution in [1.29, 1.82) is 5.41 Å². The number of hydrogen-bond donors (Lipinski definition) is 1. The second-order valence-corrected chi connectivity index (χ2v) is 5.26. The van der Waals surface area contributed by atoms with Crippen LogP contribution < -0.4 is 0 Å². The maximum atomic E-state index is 7.94. The fourth-order valence-electron chi connectivity index (χ4n) is 1.59. The SMILES string of the molecule is C=C1C/C=C(Cl)\C=C\N(C(C)=N)C(C(/C=C\I)=C/C)=N1. The van der Waals surface area contributed by atoms with Gasteiger partial charge in [0.2, 0.25) is 0 Å². The molecule has 5 heteroatoms. The molecule has 0 saturated carbocycles. The van der Waals surface area contributed by atoms with Crippen molar-refractivity contribution in [2.45, 2.75) is 20.3 Å². The van der Waals surface area contributed by atoms with Gasteiger partial charge < -0.3 is 0 Å². The molecule has 0 aromatic heterocycles. The van der Waals surface area contributed by atoms with E-state index in [0.29, 0.717) is 28.8 Å². The third-order valence-electron chi connectivity index (χ3n) is 2.58. The van der Waals surface area contributed by atoms with Crippen molar-refractivity contribution in [3.63, 3.8) is 0 Å². The highest BCUT2D eigenvalue weighted by Gasteiger charge is 2.15. The fraction of sp³-hybridized carbons (Fsp3) is 0.200. The first kappa shape index (κ1) is 16.9. The van der Waals surface area contributed by atoms with Gasteiger partial charge in [-0.05, 0) is 30.1 Å². The maximum absolute atomic E-state index is 7.94. The summed E-state index contributed by atoms with van der Waals surface area (Å²) in [5, 5.41) is 8.55. The van der Waals surface area contributed by atoms with Crippen LogP contribution in [0.25, 0.3) is 0 Å². The molecule has 1 rings (SSSR count). The number of nitrogens with one attached hydrogen (secondary N) is 1. The lowest BCUT2D eigenvalue weighted by atomic mass is 10.2. The lowest BCUT2D eigenvalue weighted by molar-refractivity contribution is 0.808. The van der Waals surface area contributed by atoms with E-state index in [0.717, 1.165) is 5.57 Å². The van der Waals surface area contributed by atoms with E-state index in [1.54, 1.807) is 24.1 Å². The molecule has 0 fully saturated rings. The lowest BCUT2D eigenvalue weighted by Crippen LogP contribution is -2.31. The van der Waals surface area contributed by atoms with Gasteiger partial charge in [-0.2, -0.15) is 0 Å². The van der Waals surface area contributed by atoms with Gasteiger partial charge in [-0.3, -0.25) is 10.3 Å². The molecule has 1 heterocycles. The highest BCUT2D eigenvalue weighted by atomic mass is 127. The van der Waals surface area contributed by atoms with Gasteiger partial charge in [0.15, 0.2) is 0 Å². The molecule has 0 aromatic carbocycles. The first-order valence-electron chi connectivity index (χ1n) is 6.07. The average Bonchev–Trinajstić information content (AvgIpc) is 2.47. The smallest absolute Gasteiger partial charge is 0.145 e. The van der Waals surface area contributed by atoms with Crippen LogP contribution in [0.4, 0.5) is 0 Å². The zero-order valence-corrected chi connectivity index (χ0v) is 14.4. The maximum Gasteiger partial charge on any atom is 0.145 e. The second kappa shape index (κ2) is 8.21. The summed E-state index contributed by atoms with van der Waals surface area (Å²) in [5.74, 6) is 1.04. The zero-order chi connectivity index (χ0) is 15.1. The van der Waals surface area contributed by atoms with Crippen molar-refractivity contribution in [2.24, 2.45) is 4.99 Å². The Morgan fingerprint density at radius 1 is 1.60 bits per heavy atom. The van der Waals surface area contributed by atoms with Crippen LogP contribution >= 0.6 is 34.2 Å². The summed E-state index contributed by atoms with van der Waals surface area (Å²) >= 11 is 8.24. The van der Waals surface area contributed by atoms with Gasteiger partial charge in [0.05, 0.1) is 0 Å². The van der Waals surface area contributed by atoms with Crippen molar-refractivity contribution in [3.8, 4) is 0 Å². The van der Waals surface area contributed by atoms with Crippen molar-refractivity contribution in [2.75, 3.05) is 0 Å². The van der Waals surface area contributed by atoms with E-state index >= 15 is 0 Å². The Hall–Kier alpha value is -1.14.